The van der Waals surface area contributed by atoms with Gasteiger partial charge in [-0.2, -0.15) is 0 Å². The Labute approximate surface area is 207 Å². The van der Waals surface area contributed by atoms with Crippen molar-refractivity contribution in [2.45, 2.75) is 11.4 Å². The molecule has 2 aromatic heterocycles. The van der Waals surface area contributed by atoms with Crippen LogP contribution in [0.2, 0.25) is 0 Å². The average molecular weight is 510 g/mol. The van der Waals surface area contributed by atoms with E-state index in [9.17, 15) is 17.6 Å². The molecule has 2 amide bonds. The molecule has 3 heterocycles. The van der Waals surface area contributed by atoms with Gasteiger partial charge in [-0.15, -0.1) is 0 Å². The quantitative estimate of drug-likeness (QED) is 0.378. The molecular formula is C24H24FN7O3S. The zero-order chi connectivity index (χ0) is 25.3. The second-order valence-corrected chi connectivity index (χ2v) is 10.0. The van der Waals surface area contributed by atoms with Crippen molar-refractivity contribution in [3.63, 3.8) is 0 Å². The molecule has 0 spiro atoms. The Balaban J connectivity index is 1.26. The van der Waals surface area contributed by atoms with E-state index in [2.05, 4.69) is 25.2 Å². The number of aromatic amines is 1. The van der Waals surface area contributed by atoms with E-state index in [0.29, 0.717) is 38.4 Å². The number of nitrogens with two attached hydrogens (primary N) is 1. The number of urea groups is 1. The number of piperazine rings is 1. The minimum absolute atomic E-state index is 0.0439. The van der Waals surface area contributed by atoms with Crippen molar-refractivity contribution in [2.75, 3.05) is 31.1 Å². The topological polar surface area (TPSA) is 137 Å². The van der Waals surface area contributed by atoms with Crippen LogP contribution < -0.4 is 15.4 Å². The summed E-state index contributed by atoms with van der Waals surface area (Å²) in [5.41, 5.74) is 3.04. The number of halogens is 1. The van der Waals surface area contributed by atoms with E-state index >= 15 is 0 Å². The van der Waals surface area contributed by atoms with Crippen LogP contribution in [-0.2, 0) is 16.6 Å². The third-order valence-electron chi connectivity index (χ3n) is 6.12. The summed E-state index contributed by atoms with van der Waals surface area (Å²) < 4.78 is 36.1. The van der Waals surface area contributed by atoms with Gasteiger partial charge in [-0.1, -0.05) is 24.3 Å². The van der Waals surface area contributed by atoms with Gasteiger partial charge in [0.1, 0.15) is 23.6 Å². The molecule has 4 aromatic rings. The molecule has 1 aliphatic rings. The van der Waals surface area contributed by atoms with Gasteiger partial charge in [-0.25, -0.2) is 32.7 Å². The van der Waals surface area contributed by atoms with Gasteiger partial charge in [0.2, 0.25) is 10.0 Å². The van der Waals surface area contributed by atoms with Crippen molar-refractivity contribution in [3.05, 3.63) is 72.3 Å². The second kappa shape index (κ2) is 9.55. The van der Waals surface area contributed by atoms with Gasteiger partial charge >= 0.3 is 6.03 Å². The lowest BCUT2D eigenvalue weighted by atomic mass is 10.1. The Morgan fingerprint density at radius 3 is 2.39 bits per heavy atom. The van der Waals surface area contributed by atoms with Crippen LogP contribution in [0.4, 0.5) is 15.0 Å². The lowest BCUT2D eigenvalue weighted by Crippen LogP contribution is -2.52. The molecular weight excluding hydrogens is 485 g/mol. The van der Waals surface area contributed by atoms with E-state index < -0.39 is 10.0 Å². The van der Waals surface area contributed by atoms with Crippen LogP contribution in [0.1, 0.15) is 5.56 Å². The van der Waals surface area contributed by atoms with Crippen molar-refractivity contribution >= 4 is 32.9 Å². The van der Waals surface area contributed by atoms with Gasteiger partial charge in [0, 0.05) is 38.4 Å². The number of nitrogens with zero attached hydrogens (tertiary/aromatic N) is 4. The molecule has 0 radical (unpaired) electrons. The van der Waals surface area contributed by atoms with E-state index in [1.54, 1.807) is 29.2 Å². The van der Waals surface area contributed by atoms with Crippen LogP contribution in [0.15, 0.2) is 65.8 Å². The summed E-state index contributed by atoms with van der Waals surface area (Å²) in [6, 6.07) is 14.1. The van der Waals surface area contributed by atoms with E-state index in [0.717, 1.165) is 28.0 Å². The van der Waals surface area contributed by atoms with Gasteiger partial charge in [-0.05, 0) is 41.5 Å². The second-order valence-electron chi connectivity index (χ2n) is 8.47. The average Bonchev–Trinajstić information content (AvgIpc) is 3.32. The molecule has 1 aliphatic heterocycles. The molecule has 0 atom stereocenters. The maximum Gasteiger partial charge on any atom is 0.317 e. The number of nitrogens with one attached hydrogen (secondary N) is 2. The number of fused-ring (bicyclic) bond motifs is 1. The first-order chi connectivity index (χ1) is 17.3. The zero-order valence-corrected chi connectivity index (χ0v) is 20.0. The monoisotopic (exact) mass is 509 g/mol. The standard InChI is InChI=1S/C24H24FN7O3S/c25-18-5-1-16(2-6-18)14-27-24(33)32-11-9-31(10-12-32)23-20-13-21(30-22(20)28-15-29-23)17-3-7-19(8-4-17)36(26,34)35/h1-8,13,15H,9-12,14H2,(H,27,33)(H2,26,34,35)(H,28,29,30). The SMILES string of the molecule is NS(=O)(=O)c1ccc(-c2cc3c(N4CCN(C(=O)NCc5ccc(F)cc5)CC4)ncnc3[nH]2)cc1. The zero-order valence-electron chi connectivity index (χ0n) is 19.2. The van der Waals surface area contributed by atoms with Crippen molar-refractivity contribution in [1.82, 2.24) is 25.2 Å². The minimum atomic E-state index is -3.76. The van der Waals surface area contributed by atoms with E-state index in [-0.39, 0.29) is 16.7 Å². The molecule has 10 nitrogen and oxygen atoms in total. The van der Waals surface area contributed by atoms with Crippen molar-refractivity contribution < 1.29 is 17.6 Å². The Morgan fingerprint density at radius 1 is 1.03 bits per heavy atom. The molecule has 0 unspecified atom stereocenters. The number of amides is 2. The number of aromatic nitrogens is 3. The summed E-state index contributed by atoms with van der Waals surface area (Å²) in [5.74, 6) is 0.449. The van der Waals surface area contributed by atoms with Crippen LogP contribution in [0.25, 0.3) is 22.3 Å². The normalized spacial score (nSPS) is 14.3. The summed E-state index contributed by atoms with van der Waals surface area (Å²) in [6.45, 7) is 2.57. The van der Waals surface area contributed by atoms with Crippen LogP contribution >= 0.6 is 0 Å². The number of benzene rings is 2. The minimum Gasteiger partial charge on any atom is -0.352 e. The number of H-pyrrole nitrogens is 1. The summed E-state index contributed by atoms with van der Waals surface area (Å²) in [7, 11) is -3.76. The van der Waals surface area contributed by atoms with Crippen LogP contribution in [0.3, 0.4) is 0 Å². The Morgan fingerprint density at radius 2 is 1.72 bits per heavy atom. The van der Waals surface area contributed by atoms with E-state index in [1.807, 2.05) is 6.07 Å². The predicted octanol–water partition coefficient (Wildman–Crippen LogP) is 2.44. The smallest absolute Gasteiger partial charge is 0.317 e. The molecule has 36 heavy (non-hydrogen) atoms. The predicted molar refractivity (Wildman–Crippen MR) is 133 cm³/mol. The molecule has 1 fully saturated rings. The van der Waals surface area contributed by atoms with Crippen LogP contribution in [0.5, 0.6) is 0 Å². The number of carbonyl (C=O) groups is 1. The number of hydrogen-bond donors (Lipinski definition) is 3. The number of carbonyl (C=O) groups excluding carboxylic acids is 1. The van der Waals surface area contributed by atoms with Gasteiger partial charge in [0.15, 0.2) is 0 Å². The van der Waals surface area contributed by atoms with Crippen molar-refractivity contribution in [2.24, 2.45) is 5.14 Å². The highest BCUT2D eigenvalue weighted by Gasteiger charge is 2.24. The largest absolute Gasteiger partial charge is 0.352 e. The molecule has 0 saturated carbocycles. The molecule has 5 rings (SSSR count). The number of rotatable bonds is 5. The number of hydrogen-bond acceptors (Lipinski definition) is 6. The fourth-order valence-corrected chi connectivity index (χ4v) is 4.69. The Kier molecular flexibility index (Phi) is 6.29. The fourth-order valence-electron chi connectivity index (χ4n) is 4.17. The van der Waals surface area contributed by atoms with Gasteiger partial charge < -0.3 is 20.1 Å². The van der Waals surface area contributed by atoms with Gasteiger partial charge in [0.05, 0.1) is 10.3 Å². The van der Waals surface area contributed by atoms with Crippen molar-refractivity contribution in [3.8, 4) is 11.3 Å². The lowest BCUT2D eigenvalue weighted by molar-refractivity contribution is 0.194. The number of anilines is 1. The van der Waals surface area contributed by atoms with Crippen molar-refractivity contribution in [1.29, 1.82) is 0 Å². The highest BCUT2D eigenvalue weighted by molar-refractivity contribution is 7.89. The van der Waals surface area contributed by atoms with Gasteiger partial charge in [-0.3, -0.25) is 0 Å². The lowest BCUT2D eigenvalue weighted by Gasteiger charge is -2.35. The summed E-state index contributed by atoms with van der Waals surface area (Å²) >= 11 is 0. The third kappa shape index (κ3) is 4.99. The summed E-state index contributed by atoms with van der Waals surface area (Å²) in [6.07, 6.45) is 1.49. The fraction of sp³-hybridized carbons (Fsp3) is 0.208. The maximum atomic E-state index is 13.1. The summed E-state index contributed by atoms with van der Waals surface area (Å²) in [5, 5.41) is 8.89. The molecule has 4 N–H and O–H groups in total. The van der Waals surface area contributed by atoms with Crippen LogP contribution in [0, 0.1) is 5.82 Å². The molecule has 12 heteroatoms. The van der Waals surface area contributed by atoms with Gasteiger partial charge in [0.25, 0.3) is 0 Å². The first kappa shape index (κ1) is 23.7. The van der Waals surface area contributed by atoms with E-state index in [1.165, 1.54) is 30.6 Å². The highest BCUT2D eigenvalue weighted by atomic mass is 32.2. The molecule has 1 saturated heterocycles. The third-order valence-corrected chi connectivity index (χ3v) is 7.05. The van der Waals surface area contributed by atoms with Crippen LogP contribution in [-0.4, -0.2) is 60.5 Å². The molecule has 2 aromatic carbocycles. The number of primary sulfonamides is 1. The molecule has 186 valence electrons. The first-order valence-corrected chi connectivity index (χ1v) is 12.8. The Hall–Kier alpha value is -4.03. The molecule has 0 bridgehead atoms. The highest BCUT2D eigenvalue weighted by Crippen LogP contribution is 2.29. The molecule has 0 aliphatic carbocycles. The Bertz CT molecular complexity index is 1500. The van der Waals surface area contributed by atoms with E-state index in [4.69, 9.17) is 5.14 Å². The number of sulfonamides is 1. The summed E-state index contributed by atoms with van der Waals surface area (Å²) in [4.78, 5) is 28.6. The first-order valence-electron chi connectivity index (χ1n) is 11.3. The maximum absolute atomic E-state index is 13.1.